The van der Waals surface area contributed by atoms with Crippen LogP contribution in [0.15, 0.2) is 27.8 Å². The predicted octanol–water partition coefficient (Wildman–Crippen LogP) is 1.45. The van der Waals surface area contributed by atoms with Crippen molar-refractivity contribution in [2.75, 3.05) is 39.3 Å². The quantitative estimate of drug-likeness (QED) is 0.568. The molecule has 2 heterocycles. The second-order valence-electron chi connectivity index (χ2n) is 7.29. The summed E-state index contributed by atoms with van der Waals surface area (Å²) in [4.78, 5) is 33.0. The Kier molecular flexibility index (Phi) is 7.33. The third kappa shape index (κ3) is 5.50. The Morgan fingerprint density at radius 3 is 2.54 bits per heavy atom. The lowest BCUT2D eigenvalue weighted by Crippen LogP contribution is -2.53. The van der Waals surface area contributed by atoms with Crippen molar-refractivity contribution in [3.05, 3.63) is 24.2 Å². The van der Waals surface area contributed by atoms with Crippen LogP contribution in [-0.4, -0.2) is 72.9 Å². The normalized spacial score (nSPS) is 18.4. The highest BCUT2D eigenvalue weighted by atomic mass is 16.3. The van der Waals surface area contributed by atoms with Gasteiger partial charge in [-0.3, -0.25) is 14.6 Å². The van der Waals surface area contributed by atoms with Gasteiger partial charge in [-0.25, -0.2) is 0 Å². The lowest BCUT2D eigenvalue weighted by Gasteiger charge is -2.36. The molecule has 8 heteroatoms. The van der Waals surface area contributed by atoms with E-state index in [9.17, 15) is 9.59 Å². The maximum atomic E-state index is 12.4. The fourth-order valence-corrected chi connectivity index (χ4v) is 3.74. The molecule has 1 aromatic rings. The number of carbonyl (C=O) groups excluding carboxylic acids is 2. The van der Waals surface area contributed by atoms with Crippen molar-refractivity contribution in [1.82, 2.24) is 20.4 Å². The average molecular weight is 390 g/mol. The van der Waals surface area contributed by atoms with Gasteiger partial charge < -0.3 is 24.9 Å². The molecule has 2 aliphatic rings. The number of piperazine rings is 1. The lowest BCUT2D eigenvalue weighted by molar-refractivity contribution is -0.121. The summed E-state index contributed by atoms with van der Waals surface area (Å²) < 4.78 is 5.21. The van der Waals surface area contributed by atoms with Crippen LogP contribution in [0.4, 0.5) is 0 Å². The van der Waals surface area contributed by atoms with Crippen LogP contribution in [0.2, 0.25) is 0 Å². The monoisotopic (exact) mass is 389 g/mol. The molecule has 154 valence electrons. The second kappa shape index (κ2) is 10.1. The van der Waals surface area contributed by atoms with E-state index in [4.69, 9.17) is 4.42 Å². The van der Waals surface area contributed by atoms with Gasteiger partial charge in [-0.2, -0.15) is 0 Å². The van der Waals surface area contributed by atoms with Crippen molar-refractivity contribution in [1.29, 1.82) is 0 Å². The van der Waals surface area contributed by atoms with Crippen molar-refractivity contribution in [2.24, 2.45) is 4.99 Å². The van der Waals surface area contributed by atoms with Crippen molar-refractivity contribution < 1.29 is 14.0 Å². The lowest BCUT2D eigenvalue weighted by atomic mass is 10.2. The maximum absolute atomic E-state index is 12.4. The summed E-state index contributed by atoms with van der Waals surface area (Å²) in [6.45, 7) is 5.89. The smallest absolute Gasteiger partial charge is 0.289 e. The zero-order valence-electron chi connectivity index (χ0n) is 16.7. The largest absolute Gasteiger partial charge is 0.459 e. The molecule has 1 saturated carbocycles. The van der Waals surface area contributed by atoms with Gasteiger partial charge in [0.15, 0.2) is 11.7 Å². The number of hydrogen-bond donors (Lipinski definition) is 2. The molecular formula is C20H31N5O3. The molecule has 1 saturated heterocycles. The second-order valence-corrected chi connectivity index (χ2v) is 7.29. The molecule has 0 unspecified atom stereocenters. The van der Waals surface area contributed by atoms with E-state index >= 15 is 0 Å². The molecule has 0 bridgehead atoms. The van der Waals surface area contributed by atoms with E-state index < -0.39 is 0 Å². The first-order chi connectivity index (χ1) is 13.7. The topological polar surface area (TPSA) is 90.2 Å². The molecule has 28 heavy (non-hydrogen) atoms. The third-order valence-electron chi connectivity index (χ3n) is 5.25. The van der Waals surface area contributed by atoms with Crippen LogP contribution < -0.4 is 10.6 Å². The number of aliphatic imine (C=N–C) groups is 1. The van der Waals surface area contributed by atoms with Gasteiger partial charge in [-0.15, -0.1) is 0 Å². The van der Waals surface area contributed by atoms with Gasteiger partial charge in [-0.1, -0.05) is 12.8 Å². The van der Waals surface area contributed by atoms with Crippen molar-refractivity contribution in [3.8, 4) is 0 Å². The predicted molar refractivity (Wildman–Crippen MR) is 107 cm³/mol. The van der Waals surface area contributed by atoms with E-state index in [2.05, 4.69) is 20.5 Å². The Bertz CT molecular complexity index is 659. The minimum absolute atomic E-state index is 0.0739. The van der Waals surface area contributed by atoms with E-state index in [0.717, 1.165) is 25.3 Å². The third-order valence-corrected chi connectivity index (χ3v) is 5.25. The molecule has 0 radical (unpaired) electrons. The van der Waals surface area contributed by atoms with Crippen LogP contribution in [0, 0.1) is 0 Å². The molecule has 8 nitrogen and oxygen atoms in total. The van der Waals surface area contributed by atoms with E-state index in [0.29, 0.717) is 50.9 Å². The number of hydrogen-bond acceptors (Lipinski definition) is 4. The number of rotatable bonds is 6. The number of nitrogens with zero attached hydrogens (tertiary/aromatic N) is 3. The summed E-state index contributed by atoms with van der Waals surface area (Å²) in [6.07, 6.45) is 6.53. The number of amides is 2. The molecule has 1 aliphatic heterocycles. The van der Waals surface area contributed by atoms with Crippen molar-refractivity contribution in [2.45, 2.75) is 45.1 Å². The van der Waals surface area contributed by atoms with E-state index in [1.165, 1.54) is 19.1 Å². The Morgan fingerprint density at radius 2 is 1.89 bits per heavy atom. The highest BCUT2D eigenvalue weighted by molar-refractivity contribution is 5.91. The standard InChI is InChI=1S/C20H31N5O3/c1-2-21-20(22-10-9-18(26)23-16-6-3-4-7-16)25-13-11-24(12-14-25)19(27)17-8-5-15-28-17/h5,8,15-16H,2-4,6-7,9-14H2,1H3,(H,21,22)(H,23,26). The summed E-state index contributed by atoms with van der Waals surface area (Å²) in [6, 6.07) is 3.77. The van der Waals surface area contributed by atoms with E-state index in [1.807, 2.05) is 6.92 Å². The number of furan rings is 1. The molecule has 2 N–H and O–H groups in total. The fraction of sp³-hybridized carbons (Fsp3) is 0.650. The summed E-state index contributed by atoms with van der Waals surface area (Å²) >= 11 is 0. The summed E-state index contributed by atoms with van der Waals surface area (Å²) in [5, 5.41) is 6.39. The van der Waals surface area contributed by atoms with Gasteiger partial charge in [0.05, 0.1) is 12.8 Å². The van der Waals surface area contributed by atoms with Gasteiger partial charge in [0, 0.05) is 45.2 Å². The molecule has 1 aromatic heterocycles. The molecule has 2 amide bonds. The van der Waals surface area contributed by atoms with Crippen LogP contribution in [0.25, 0.3) is 0 Å². The Morgan fingerprint density at radius 1 is 1.18 bits per heavy atom. The first-order valence-electron chi connectivity index (χ1n) is 10.3. The van der Waals surface area contributed by atoms with Crippen LogP contribution in [-0.2, 0) is 4.79 Å². The van der Waals surface area contributed by atoms with Crippen LogP contribution in [0.5, 0.6) is 0 Å². The Hall–Kier alpha value is -2.51. The van der Waals surface area contributed by atoms with Gasteiger partial charge in [-0.05, 0) is 31.9 Å². The number of nitrogens with one attached hydrogen (secondary N) is 2. The highest BCUT2D eigenvalue weighted by Crippen LogP contribution is 2.17. The van der Waals surface area contributed by atoms with Crippen LogP contribution in [0.1, 0.15) is 49.6 Å². The highest BCUT2D eigenvalue weighted by Gasteiger charge is 2.25. The molecule has 0 atom stereocenters. The Balaban J connectivity index is 1.46. The Labute approximate surface area is 166 Å². The molecule has 0 spiro atoms. The first kappa shape index (κ1) is 20.2. The minimum atomic E-state index is -0.0739. The summed E-state index contributed by atoms with van der Waals surface area (Å²) in [5.74, 6) is 1.19. The first-order valence-corrected chi connectivity index (χ1v) is 10.3. The molecule has 3 rings (SSSR count). The zero-order chi connectivity index (χ0) is 19.8. The molecular weight excluding hydrogens is 358 g/mol. The number of guanidine groups is 1. The summed E-state index contributed by atoms with van der Waals surface area (Å²) in [5.41, 5.74) is 0. The van der Waals surface area contributed by atoms with Crippen LogP contribution in [0.3, 0.4) is 0 Å². The number of carbonyl (C=O) groups is 2. The zero-order valence-corrected chi connectivity index (χ0v) is 16.7. The summed E-state index contributed by atoms with van der Waals surface area (Å²) in [7, 11) is 0. The van der Waals surface area contributed by atoms with Crippen molar-refractivity contribution >= 4 is 17.8 Å². The molecule has 0 aromatic carbocycles. The van der Waals surface area contributed by atoms with Gasteiger partial charge >= 0.3 is 0 Å². The SMILES string of the molecule is CCNC(=NCCC(=O)NC1CCCC1)N1CCN(C(=O)c2ccco2)CC1. The average Bonchev–Trinajstić information content (AvgIpc) is 3.41. The van der Waals surface area contributed by atoms with Gasteiger partial charge in [0.2, 0.25) is 5.91 Å². The van der Waals surface area contributed by atoms with Crippen molar-refractivity contribution in [3.63, 3.8) is 0 Å². The maximum Gasteiger partial charge on any atom is 0.289 e. The molecule has 1 aliphatic carbocycles. The van der Waals surface area contributed by atoms with E-state index in [-0.39, 0.29) is 11.8 Å². The van der Waals surface area contributed by atoms with Crippen LogP contribution >= 0.6 is 0 Å². The minimum Gasteiger partial charge on any atom is -0.459 e. The van der Waals surface area contributed by atoms with Gasteiger partial charge in [0.1, 0.15) is 0 Å². The molecule has 2 fully saturated rings. The van der Waals surface area contributed by atoms with Gasteiger partial charge in [0.25, 0.3) is 5.91 Å². The fourth-order valence-electron chi connectivity index (χ4n) is 3.74. The van der Waals surface area contributed by atoms with E-state index in [1.54, 1.807) is 17.0 Å².